The van der Waals surface area contributed by atoms with Gasteiger partial charge >= 0.3 is 5.51 Å². The fourth-order valence-corrected chi connectivity index (χ4v) is 3.27. The lowest BCUT2D eigenvalue weighted by Crippen LogP contribution is -2.29. The molecule has 27 heavy (non-hydrogen) atoms. The molecule has 0 aliphatic carbocycles. The summed E-state index contributed by atoms with van der Waals surface area (Å²) in [5, 5.41) is 5.15. The monoisotopic (exact) mass is 424 g/mol. The highest BCUT2D eigenvalue weighted by Gasteiger charge is 2.48. The van der Waals surface area contributed by atoms with E-state index in [1.807, 2.05) is 0 Å². The fourth-order valence-electron chi connectivity index (χ4n) is 2.10. The highest BCUT2D eigenvalue weighted by Crippen LogP contribution is 2.34. The lowest BCUT2D eigenvalue weighted by Gasteiger charge is -2.14. The Balaban J connectivity index is 2.07. The van der Waals surface area contributed by atoms with Gasteiger partial charge in [-0.25, -0.2) is 12.8 Å². The Morgan fingerprint density at radius 1 is 1.07 bits per heavy atom. The number of alkyl halides is 3. The summed E-state index contributed by atoms with van der Waals surface area (Å²) in [7, 11) is -5.74. The van der Waals surface area contributed by atoms with Crippen LogP contribution in [0.1, 0.15) is 10.4 Å². The van der Waals surface area contributed by atoms with Gasteiger partial charge in [-0.3, -0.25) is 4.79 Å². The van der Waals surface area contributed by atoms with Crippen LogP contribution in [0.5, 0.6) is 0 Å². The molecule has 0 spiro atoms. The Labute approximate surface area is 157 Å². The minimum Gasteiger partial charge on any atom is -0.382 e. The molecule has 0 fully saturated rings. The van der Waals surface area contributed by atoms with E-state index in [0.29, 0.717) is 0 Å². The van der Waals surface area contributed by atoms with Crippen LogP contribution < -0.4 is 10.6 Å². The molecule has 0 aliphatic rings. The van der Waals surface area contributed by atoms with Crippen LogP contribution in [0.4, 0.5) is 23.2 Å². The van der Waals surface area contributed by atoms with E-state index in [-0.39, 0.29) is 29.7 Å². The largest absolute Gasteiger partial charge is 0.501 e. The van der Waals surface area contributed by atoms with Gasteiger partial charge in [0.2, 0.25) is 0 Å². The number of sulfone groups is 1. The normalized spacial score (nSPS) is 11.9. The van der Waals surface area contributed by atoms with Crippen LogP contribution in [0.15, 0.2) is 47.4 Å². The van der Waals surface area contributed by atoms with E-state index < -0.39 is 37.7 Å². The average Bonchev–Trinajstić information content (AvgIpc) is 2.58. The standard InChI is InChI=1S/C16H13ClF4N2O3S/c17-12-4-2-1-3-11(12)15(24)23-8-7-22-13-6-5-10(18)9-14(13)27(25,26)16(19,20)21/h1-6,9,22H,7-8H2,(H,23,24). The maximum absolute atomic E-state index is 13.3. The molecule has 2 aromatic rings. The van der Waals surface area contributed by atoms with E-state index in [0.717, 1.165) is 12.1 Å². The summed E-state index contributed by atoms with van der Waals surface area (Å²) in [4.78, 5) is 10.7. The predicted molar refractivity (Wildman–Crippen MR) is 91.9 cm³/mol. The third-order valence-corrected chi connectivity index (χ3v) is 5.24. The van der Waals surface area contributed by atoms with Gasteiger partial charge in [0, 0.05) is 13.1 Å². The first-order valence-corrected chi connectivity index (χ1v) is 9.27. The van der Waals surface area contributed by atoms with Crippen molar-refractivity contribution in [1.29, 1.82) is 0 Å². The number of rotatable bonds is 6. The van der Waals surface area contributed by atoms with Crippen molar-refractivity contribution in [3.05, 3.63) is 58.9 Å². The Morgan fingerprint density at radius 2 is 1.74 bits per heavy atom. The maximum Gasteiger partial charge on any atom is 0.501 e. The molecule has 2 rings (SSSR count). The summed E-state index contributed by atoms with van der Waals surface area (Å²) in [5.41, 5.74) is -5.79. The number of carbonyl (C=O) groups excluding carboxylic acids is 1. The van der Waals surface area contributed by atoms with Gasteiger partial charge in [-0.05, 0) is 30.3 Å². The Hall–Kier alpha value is -2.33. The van der Waals surface area contributed by atoms with Gasteiger partial charge in [0.15, 0.2) is 0 Å². The molecule has 11 heteroatoms. The van der Waals surface area contributed by atoms with Crippen LogP contribution in [0.25, 0.3) is 0 Å². The highest BCUT2D eigenvalue weighted by molar-refractivity contribution is 7.92. The minimum absolute atomic E-state index is 0.0487. The van der Waals surface area contributed by atoms with Crippen molar-refractivity contribution in [2.75, 3.05) is 18.4 Å². The molecule has 0 saturated carbocycles. The molecule has 1 amide bonds. The zero-order valence-electron chi connectivity index (χ0n) is 13.5. The van der Waals surface area contributed by atoms with E-state index in [2.05, 4.69) is 10.6 Å². The molecule has 5 nitrogen and oxygen atoms in total. The molecule has 0 bridgehead atoms. The number of nitrogens with one attached hydrogen (secondary N) is 2. The van der Waals surface area contributed by atoms with E-state index in [4.69, 9.17) is 11.6 Å². The third kappa shape index (κ3) is 4.89. The summed E-state index contributed by atoms with van der Waals surface area (Å²) < 4.78 is 74.6. The van der Waals surface area contributed by atoms with E-state index in [9.17, 15) is 30.8 Å². The first-order valence-electron chi connectivity index (χ1n) is 7.41. The molecule has 0 atom stereocenters. The Kier molecular flexibility index (Phi) is 6.32. The number of amides is 1. The predicted octanol–water partition coefficient (Wildman–Crippen LogP) is 3.61. The first-order chi connectivity index (χ1) is 12.5. The summed E-state index contributed by atoms with van der Waals surface area (Å²) in [6.45, 7) is -0.158. The van der Waals surface area contributed by atoms with Crippen molar-refractivity contribution in [2.24, 2.45) is 0 Å². The van der Waals surface area contributed by atoms with Gasteiger partial charge in [0.1, 0.15) is 10.7 Å². The lowest BCUT2D eigenvalue weighted by atomic mass is 10.2. The van der Waals surface area contributed by atoms with Gasteiger partial charge in [-0.2, -0.15) is 13.2 Å². The molecule has 0 radical (unpaired) electrons. The molecular formula is C16H13ClF4N2O3S. The SMILES string of the molecule is O=C(NCCNc1ccc(F)cc1S(=O)(=O)C(F)(F)F)c1ccccc1Cl. The molecule has 2 N–H and O–H groups in total. The lowest BCUT2D eigenvalue weighted by molar-refractivity contribution is -0.0435. The topological polar surface area (TPSA) is 75.3 Å². The van der Waals surface area contributed by atoms with Crippen LogP contribution in [0.2, 0.25) is 5.02 Å². The Morgan fingerprint density at radius 3 is 2.37 bits per heavy atom. The molecule has 0 aromatic heterocycles. The van der Waals surface area contributed by atoms with Gasteiger partial charge in [0.25, 0.3) is 15.7 Å². The van der Waals surface area contributed by atoms with Crippen molar-refractivity contribution in [2.45, 2.75) is 10.4 Å². The van der Waals surface area contributed by atoms with Crippen molar-refractivity contribution in [3.63, 3.8) is 0 Å². The zero-order chi connectivity index (χ0) is 20.2. The quantitative estimate of drug-likeness (QED) is 0.548. The summed E-state index contributed by atoms with van der Waals surface area (Å²) in [6.07, 6.45) is 0. The van der Waals surface area contributed by atoms with E-state index in [1.54, 1.807) is 12.1 Å². The third-order valence-electron chi connectivity index (χ3n) is 3.38. The first kappa shape index (κ1) is 21.0. The van der Waals surface area contributed by atoms with Crippen LogP contribution in [-0.4, -0.2) is 32.9 Å². The van der Waals surface area contributed by atoms with Crippen LogP contribution >= 0.6 is 11.6 Å². The Bertz CT molecular complexity index is 949. The second-order valence-electron chi connectivity index (χ2n) is 5.25. The molecular weight excluding hydrogens is 412 g/mol. The van der Waals surface area contributed by atoms with Gasteiger partial charge in [-0.15, -0.1) is 0 Å². The summed E-state index contributed by atoms with van der Waals surface area (Å²) >= 11 is 5.87. The molecule has 0 heterocycles. The number of carbonyl (C=O) groups is 1. The highest BCUT2D eigenvalue weighted by atomic mass is 35.5. The molecule has 0 saturated heterocycles. The van der Waals surface area contributed by atoms with Crippen molar-refractivity contribution >= 4 is 33.0 Å². The second-order valence-corrected chi connectivity index (χ2v) is 7.57. The van der Waals surface area contributed by atoms with Gasteiger partial charge in [-0.1, -0.05) is 23.7 Å². The molecule has 0 unspecified atom stereocenters. The number of anilines is 1. The number of benzene rings is 2. The van der Waals surface area contributed by atoms with E-state index >= 15 is 0 Å². The number of hydrogen-bond acceptors (Lipinski definition) is 4. The minimum atomic E-state index is -5.74. The van der Waals surface area contributed by atoms with Gasteiger partial charge in [0.05, 0.1) is 16.3 Å². The fraction of sp³-hybridized carbons (Fsp3) is 0.188. The van der Waals surface area contributed by atoms with Crippen molar-refractivity contribution < 1.29 is 30.8 Å². The second kappa shape index (κ2) is 8.13. The maximum atomic E-state index is 13.3. The molecule has 2 aromatic carbocycles. The number of hydrogen-bond donors (Lipinski definition) is 2. The van der Waals surface area contributed by atoms with Gasteiger partial charge < -0.3 is 10.6 Å². The average molecular weight is 425 g/mol. The van der Waals surface area contributed by atoms with Crippen molar-refractivity contribution in [1.82, 2.24) is 5.32 Å². The smallest absolute Gasteiger partial charge is 0.382 e. The summed E-state index contributed by atoms with van der Waals surface area (Å²) in [6, 6.07) is 8.22. The number of halogens is 5. The van der Waals surface area contributed by atoms with E-state index in [1.165, 1.54) is 12.1 Å². The van der Waals surface area contributed by atoms with Crippen LogP contribution in [0.3, 0.4) is 0 Å². The molecule has 0 aliphatic heterocycles. The zero-order valence-corrected chi connectivity index (χ0v) is 15.1. The molecule has 146 valence electrons. The summed E-state index contributed by atoms with van der Waals surface area (Å²) in [5.74, 6) is -1.64. The van der Waals surface area contributed by atoms with Crippen LogP contribution in [-0.2, 0) is 9.84 Å². The van der Waals surface area contributed by atoms with Crippen LogP contribution in [0, 0.1) is 5.82 Å². The van der Waals surface area contributed by atoms with Crippen molar-refractivity contribution in [3.8, 4) is 0 Å².